The predicted molar refractivity (Wildman–Crippen MR) is 80.2 cm³/mol. The minimum Gasteiger partial charge on any atom is -0.313 e. The number of aromatic nitrogens is 1. The zero-order chi connectivity index (χ0) is 13.4. The summed E-state index contributed by atoms with van der Waals surface area (Å²) in [6.45, 7) is 4.18. The standard InChI is InChI=1S/C16H15NOS/c1-3-13-6-7-16(19-13)14-8-12-5-4-11(2)9-17(12)15(14)10-18/h4-10H,3H2,1-2H3. The zero-order valence-corrected chi connectivity index (χ0v) is 11.8. The molecule has 3 aromatic rings. The second-order valence-corrected chi connectivity index (χ2v) is 5.85. The first-order valence-corrected chi connectivity index (χ1v) is 7.20. The summed E-state index contributed by atoms with van der Waals surface area (Å²) >= 11 is 1.76. The van der Waals surface area contributed by atoms with Gasteiger partial charge in [0.1, 0.15) is 0 Å². The number of aryl methyl sites for hydroxylation is 2. The fraction of sp³-hybridized carbons (Fsp3) is 0.188. The molecule has 0 aromatic carbocycles. The van der Waals surface area contributed by atoms with Gasteiger partial charge >= 0.3 is 0 Å². The summed E-state index contributed by atoms with van der Waals surface area (Å²) in [5, 5.41) is 0. The van der Waals surface area contributed by atoms with Crippen molar-refractivity contribution in [3.8, 4) is 10.4 Å². The molecule has 0 atom stereocenters. The molecule has 19 heavy (non-hydrogen) atoms. The van der Waals surface area contributed by atoms with E-state index >= 15 is 0 Å². The van der Waals surface area contributed by atoms with Gasteiger partial charge in [0.05, 0.1) is 5.69 Å². The maximum Gasteiger partial charge on any atom is 0.167 e. The largest absolute Gasteiger partial charge is 0.313 e. The minimum absolute atomic E-state index is 0.739. The highest BCUT2D eigenvalue weighted by Gasteiger charge is 2.13. The van der Waals surface area contributed by atoms with Crippen molar-refractivity contribution in [3.05, 3.63) is 52.7 Å². The monoisotopic (exact) mass is 269 g/mol. The fourth-order valence-electron chi connectivity index (χ4n) is 2.33. The van der Waals surface area contributed by atoms with Crippen LogP contribution in [0, 0.1) is 6.92 Å². The van der Waals surface area contributed by atoms with Crippen molar-refractivity contribution in [2.75, 3.05) is 0 Å². The van der Waals surface area contributed by atoms with Gasteiger partial charge < -0.3 is 4.40 Å². The van der Waals surface area contributed by atoms with E-state index in [1.165, 1.54) is 9.75 Å². The lowest BCUT2D eigenvalue weighted by Crippen LogP contribution is -1.92. The molecule has 0 saturated carbocycles. The van der Waals surface area contributed by atoms with Crippen LogP contribution >= 0.6 is 11.3 Å². The number of nitrogens with zero attached hydrogens (tertiary/aromatic N) is 1. The molecule has 0 spiro atoms. The highest BCUT2D eigenvalue weighted by molar-refractivity contribution is 7.15. The Hall–Kier alpha value is -1.87. The molecule has 0 amide bonds. The Morgan fingerprint density at radius 2 is 2.11 bits per heavy atom. The van der Waals surface area contributed by atoms with Crippen molar-refractivity contribution in [3.63, 3.8) is 0 Å². The van der Waals surface area contributed by atoms with Gasteiger partial charge in [0.2, 0.25) is 0 Å². The Morgan fingerprint density at radius 3 is 2.79 bits per heavy atom. The summed E-state index contributed by atoms with van der Waals surface area (Å²) in [5.41, 5.74) is 3.99. The quantitative estimate of drug-likeness (QED) is 0.648. The first-order valence-electron chi connectivity index (χ1n) is 6.39. The van der Waals surface area contributed by atoms with Gasteiger partial charge in [0, 0.05) is 27.0 Å². The van der Waals surface area contributed by atoms with Gasteiger partial charge in [-0.1, -0.05) is 13.0 Å². The topological polar surface area (TPSA) is 21.5 Å². The van der Waals surface area contributed by atoms with Gasteiger partial charge in [-0.15, -0.1) is 11.3 Å². The molecule has 0 aliphatic rings. The van der Waals surface area contributed by atoms with E-state index in [1.807, 2.05) is 17.5 Å². The average Bonchev–Trinajstić information content (AvgIpc) is 3.01. The first-order chi connectivity index (χ1) is 9.22. The number of thiophene rings is 1. The van der Waals surface area contributed by atoms with E-state index in [9.17, 15) is 4.79 Å². The first kappa shape index (κ1) is 12.2. The third kappa shape index (κ3) is 2.00. The Labute approximate surface area is 116 Å². The van der Waals surface area contributed by atoms with Gasteiger partial charge in [0.15, 0.2) is 6.29 Å². The molecule has 0 bridgehead atoms. The number of fused-ring (bicyclic) bond motifs is 1. The van der Waals surface area contributed by atoms with E-state index in [0.29, 0.717) is 0 Å². The van der Waals surface area contributed by atoms with E-state index < -0.39 is 0 Å². The Morgan fingerprint density at radius 1 is 1.26 bits per heavy atom. The van der Waals surface area contributed by atoms with E-state index in [2.05, 4.69) is 37.3 Å². The predicted octanol–water partition coefficient (Wildman–Crippen LogP) is 4.35. The Balaban J connectivity index is 2.25. The summed E-state index contributed by atoms with van der Waals surface area (Å²) in [5.74, 6) is 0. The normalized spacial score (nSPS) is 11.1. The second kappa shape index (κ2) is 4.67. The number of rotatable bonds is 3. The molecule has 3 aromatic heterocycles. The second-order valence-electron chi connectivity index (χ2n) is 4.68. The molecule has 3 heterocycles. The number of carbonyl (C=O) groups excluding carboxylic acids is 1. The maximum atomic E-state index is 11.4. The van der Waals surface area contributed by atoms with Crippen LogP contribution in [0.5, 0.6) is 0 Å². The molecule has 3 heteroatoms. The number of hydrogen-bond acceptors (Lipinski definition) is 2. The Bertz CT molecular complexity index is 751. The molecule has 0 N–H and O–H groups in total. The van der Waals surface area contributed by atoms with Crippen molar-refractivity contribution in [2.45, 2.75) is 20.3 Å². The van der Waals surface area contributed by atoms with E-state index in [0.717, 1.165) is 35.0 Å². The van der Waals surface area contributed by atoms with Crippen molar-refractivity contribution >= 4 is 23.1 Å². The van der Waals surface area contributed by atoms with Crippen molar-refractivity contribution in [2.24, 2.45) is 0 Å². The number of aldehydes is 1. The molecule has 0 unspecified atom stereocenters. The molecule has 96 valence electrons. The molecule has 3 rings (SSSR count). The van der Waals surface area contributed by atoms with Crippen LogP contribution in [0.3, 0.4) is 0 Å². The lowest BCUT2D eigenvalue weighted by atomic mass is 10.2. The zero-order valence-electron chi connectivity index (χ0n) is 11.0. The van der Waals surface area contributed by atoms with Crippen LogP contribution in [-0.4, -0.2) is 10.7 Å². The van der Waals surface area contributed by atoms with Crippen LogP contribution in [0.1, 0.15) is 27.9 Å². The molecule has 0 radical (unpaired) electrons. The van der Waals surface area contributed by atoms with Gasteiger partial charge in [-0.3, -0.25) is 4.79 Å². The van der Waals surface area contributed by atoms with Crippen LogP contribution in [-0.2, 0) is 6.42 Å². The lowest BCUT2D eigenvalue weighted by molar-refractivity contribution is 0.111. The molecule has 0 aliphatic carbocycles. The highest BCUT2D eigenvalue weighted by atomic mass is 32.1. The SMILES string of the molecule is CCc1ccc(-c2cc3ccc(C)cn3c2C=O)s1. The third-order valence-corrected chi connectivity index (χ3v) is 4.61. The summed E-state index contributed by atoms with van der Waals surface area (Å²) in [7, 11) is 0. The van der Waals surface area contributed by atoms with E-state index in [1.54, 1.807) is 11.3 Å². The summed E-state index contributed by atoms with van der Waals surface area (Å²) in [6.07, 6.45) is 4.00. The third-order valence-electron chi connectivity index (χ3n) is 3.34. The van der Waals surface area contributed by atoms with Crippen molar-refractivity contribution < 1.29 is 4.79 Å². The summed E-state index contributed by atoms with van der Waals surface area (Å²) in [6, 6.07) is 10.5. The molecular formula is C16H15NOS. The summed E-state index contributed by atoms with van der Waals surface area (Å²) in [4.78, 5) is 14.0. The average molecular weight is 269 g/mol. The Kier molecular flexibility index (Phi) is 2.99. The van der Waals surface area contributed by atoms with Crippen molar-refractivity contribution in [1.82, 2.24) is 4.40 Å². The molecule has 0 saturated heterocycles. The molecule has 2 nitrogen and oxygen atoms in total. The number of pyridine rings is 1. The van der Waals surface area contributed by atoms with Crippen LogP contribution < -0.4 is 0 Å². The van der Waals surface area contributed by atoms with Gasteiger partial charge in [-0.2, -0.15) is 0 Å². The fourth-order valence-corrected chi connectivity index (χ4v) is 3.30. The molecule has 0 aliphatic heterocycles. The number of carbonyl (C=O) groups is 1. The van der Waals surface area contributed by atoms with Crippen LogP contribution in [0.2, 0.25) is 0 Å². The molecule has 0 fully saturated rings. The van der Waals surface area contributed by atoms with Crippen molar-refractivity contribution in [1.29, 1.82) is 0 Å². The maximum absolute atomic E-state index is 11.4. The van der Waals surface area contributed by atoms with Gasteiger partial charge in [0.25, 0.3) is 0 Å². The smallest absolute Gasteiger partial charge is 0.167 e. The van der Waals surface area contributed by atoms with E-state index in [4.69, 9.17) is 0 Å². The van der Waals surface area contributed by atoms with E-state index in [-0.39, 0.29) is 0 Å². The highest BCUT2D eigenvalue weighted by Crippen LogP contribution is 2.32. The van der Waals surface area contributed by atoms with Crippen LogP contribution in [0.25, 0.3) is 16.0 Å². The molecular weight excluding hydrogens is 254 g/mol. The minimum atomic E-state index is 0.739. The van der Waals surface area contributed by atoms with Gasteiger partial charge in [-0.25, -0.2) is 0 Å². The van der Waals surface area contributed by atoms with Gasteiger partial charge in [-0.05, 0) is 43.2 Å². The summed E-state index contributed by atoms with van der Waals surface area (Å²) < 4.78 is 1.98. The van der Waals surface area contributed by atoms with Crippen LogP contribution in [0.4, 0.5) is 0 Å². The van der Waals surface area contributed by atoms with Crippen LogP contribution in [0.15, 0.2) is 36.5 Å². The lowest BCUT2D eigenvalue weighted by Gasteiger charge is -1.99. The number of hydrogen-bond donors (Lipinski definition) is 0.